The number of hydrogen-bond donors (Lipinski definition) is 2. The second-order valence-electron chi connectivity index (χ2n) is 4.17. The lowest BCUT2D eigenvalue weighted by Gasteiger charge is -2.26. The van der Waals surface area contributed by atoms with Crippen molar-refractivity contribution in [2.45, 2.75) is 25.7 Å². The summed E-state index contributed by atoms with van der Waals surface area (Å²) in [5.74, 6) is -1.28. The van der Waals surface area contributed by atoms with Gasteiger partial charge >= 0.3 is 12.1 Å². The van der Waals surface area contributed by atoms with E-state index in [1.54, 1.807) is 12.1 Å². The Balaban J connectivity index is 2.59. The number of carbonyl (C=O) groups is 2. The third-order valence-electron chi connectivity index (χ3n) is 2.62. The quantitative estimate of drug-likeness (QED) is 0.833. The summed E-state index contributed by atoms with van der Waals surface area (Å²) < 4.78 is 4.98. The summed E-state index contributed by atoms with van der Waals surface area (Å²) in [6.07, 6.45) is -1.98. The molecule has 6 heteroatoms. The third-order valence-corrected chi connectivity index (χ3v) is 2.62. The van der Waals surface area contributed by atoms with Gasteiger partial charge in [0.05, 0.1) is 6.10 Å². The molecule has 19 heavy (non-hydrogen) atoms. The molecule has 0 aromatic heterocycles. The monoisotopic (exact) mass is 267 g/mol. The van der Waals surface area contributed by atoms with Crippen LogP contribution in [0.2, 0.25) is 0 Å². The van der Waals surface area contributed by atoms with E-state index in [2.05, 4.69) is 0 Å². The molecule has 0 bridgehead atoms. The van der Waals surface area contributed by atoms with Crippen LogP contribution in [-0.2, 0) is 16.1 Å². The van der Waals surface area contributed by atoms with Gasteiger partial charge in [0.15, 0.2) is 6.04 Å². The summed E-state index contributed by atoms with van der Waals surface area (Å²) >= 11 is 0. The lowest BCUT2D eigenvalue weighted by atomic mass is 10.1. The number of likely N-dealkylation sites (N-methyl/N-ethyl adjacent to an activating group) is 1. The minimum Gasteiger partial charge on any atom is -0.480 e. The predicted molar refractivity (Wildman–Crippen MR) is 67.5 cm³/mol. The Hall–Kier alpha value is -2.08. The summed E-state index contributed by atoms with van der Waals surface area (Å²) in [5, 5.41) is 18.3. The highest BCUT2D eigenvalue weighted by Gasteiger charge is 2.31. The molecular weight excluding hydrogens is 250 g/mol. The Morgan fingerprint density at radius 1 is 1.32 bits per heavy atom. The van der Waals surface area contributed by atoms with Crippen molar-refractivity contribution in [2.75, 3.05) is 7.05 Å². The van der Waals surface area contributed by atoms with Crippen molar-refractivity contribution in [3.63, 3.8) is 0 Å². The van der Waals surface area contributed by atoms with Gasteiger partial charge in [-0.15, -0.1) is 0 Å². The zero-order valence-electron chi connectivity index (χ0n) is 10.8. The van der Waals surface area contributed by atoms with Crippen LogP contribution in [0.3, 0.4) is 0 Å². The minimum atomic E-state index is -1.33. The zero-order chi connectivity index (χ0) is 14.4. The maximum atomic E-state index is 11.7. The van der Waals surface area contributed by atoms with Crippen LogP contribution in [0.5, 0.6) is 0 Å². The fraction of sp³-hybridized carbons (Fsp3) is 0.385. The molecule has 2 atom stereocenters. The maximum absolute atomic E-state index is 11.7. The van der Waals surface area contributed by atoms with Crippen LogP contribution in [0.1, 0.15) is 12.5 Å². The van der Waals surface area contributed by atoms with E-state index in [1.807, 2.05) is 18.2 Å². The SMILES string of the molecule is C[C@@H](O)[C@@H](C(=O)O)N(C)C(=O)OCc1ccccc1. The number of aliphatic hydroxyl groups excluding tert-OH is 1. The van der Waals surface area contributed by atoms with Gasteiger partial charge in [0.1, 0.15) is 6.61 Å². The van der Waals surface area contributed by atoms with Crippen molar-refractivity contribution >= 4 is 12.1 Å². The van der Waals surface area contributed by atoms with Gasteiger partial charge in [-0.25, -0.2) is 9.59 Å². The lowest BCUT2D eigenvalue weighted by Crippen LogP contribution is -2.48. The average Bonchev–Trinajstić information content (AvgIpc) is 2.36. The van der Waals surface area contributed by atoms with E-state index in [0.29, 0.717) is 0 Å². The van der Waals surface area contributed by atoms with Crippen molar-refractivity contribution in [3.8, 4) is 0 Å². The number of carboxylic acids is 1. The van der Waals surface area contributed by atoms with Gasteiger partial charge in [0.2, 0.25) is 0 Å². The number of benzene rings is 1. The fourth-order valence-corrected chi connectivity index (χ4v) is 1.63. The van der Waals surface area contributed by atoms with E-state index in [4.69, 9.17) is 9.84 Å². The molecule has 0 unspecified atom stereocenters. The van der Waals surface area contributed by atoms with Gasteiger partial charge < -0.3 is 14.9 Å². The van der Waals surface area contributed by atoms with Crippen LogP contribution in [0.25, 0.3) is 0 Å². The molecule has 0 aliphatic carbocycles. The molecule has 104 valence electrons. The van der Waals surface area contributed by atoms with Crippen molar-refractivity contribution in [3.05, 3.63) is 35.9 Å². The van der Waals surface area contributed by atoms with Crippen molar-refractivity contribution in [1.29, 1.82) is 0 Å². The molecule has 0 aliphatic rings. The first-order valence-corrected chi connectivity index (χ1v) is 5.78. The lowest BCUT2D eigenvalue weighted by molar-refractivity contribution is -0.146. The number of nitrogens with zero attached hydrogens (tertiary/aromatic N) is 1. The molecule has 1 amide bonds. The molecule has 1 rings (SSSR count). The number of hydrogen-bond acceptors (Lipinski definition) is 4. The Morgan fingerprint density at radius 2 is 1.89 bits per heavy atom. The fourth-order valence-electron chi connectivity index (χ4n) is 1.63. The third kappa shape index (κ3) is 4.26. The van der Waals surface area contributed by atoms with Gasteiger partial charge in [0.25, 0.3) is 0 Å². The molecule has 6 nitrogen and oxygen atoms in total. The Morgan fingerprint density at radius 3 is 2.37 bits per heavy atom. The van der Waals surface area contributed by atoms with E-state index in [1.165, 1.54) is 14.0 Å². The smallest absolute Gasteiger partial charge is 0.410 e. The number of rotatable bonds is 5. The van der Waals surface area contributed by atoms with Crippen LogP contribution in [0.4, 0.5) is 4.79 Å². The Labute approximate surface area is 111 Å². The number of ether oxygens (including phenoxy) is 1. The molecular formula is C13H17NO5. The number of aliphatic carboxylic acids is 1. The highest BCUT2D eigenvalue weighted by atomic mass is 16.6. The molecule has 1 aromatic carbocycles. The highest BCUT2D eigenvalue weighted by Crippen LogP contribution is 2.07. The maximum Gasteiger partial charge on any atom is 0.410 e. The molecule has 1 aromatic rings. The number of carboxylic acid groups (broad SMARTS) is 1. The number of aliphatic hydroxyl groups is 1. The van der Waals surface area contributed by atoms with Crippen LogP contribution in [-0.4, -0.2) is 46.4 Å². The van der Waals surface area contributed by atoms with E-state index >= 15 is 0 Å². The van der Waals surface area contributed by atoms with Gasteiger partial charge in [-0.2, -0.15) is 0 Å². The largest absolute Gasteiger partial charge is 0.480 e. The Bertz CT molecular complexity index is 432. The number of amides is 1. The second kappa shape index (κ2) is 6.75. The van der Waals surface area contributed by atoms with Gasteiger partial charge in [0, 0.05) is 7.05 Å². The summed E-state index contributed by atoms with van der Waals surface area (Å²) in [4.78, 5) is 23.5. The summed E-state index contributed by atoms with van der Waals surface area (Å²) in [7, 11) is 1.28. The standard InChI is InChI=1S/C13H17NO5/c1-9(15)11(12(16)17)14(2)13(18)19-8-10-6-4-3-5-7-10/h3-7,9,11,15H,8H2,1-2H3,(H,16,17)/t9-,11+/m1/s1. The van der Waals surface area contributed by atoms with E-state index < -0.39 is 24.2 Å². The highest BCUT2D eigenvalue weighted by molar-refractivity contribution is 5.80. The first-order chi connectivity index (χ1) is 8.93. The minimum absolute atomic E-state index is 0.0517. The van der Waals surface area contributed by atoms with Crippen molar-refractivity contribution in [2.24, 2.45) is 0 Å². The Kier molecular flexibility index (Phi) is 5.32. The molecule has 0 saturated heterocycles. The predicted octanol–water partition coefficient (Wildman–Crippen LogP) is 1.09. The van der Waals surface area contributed by atoms with Gasteiger partial charge in [-0.1, -0.05) is 30.3 Å². The average molecular weight is 267 g/mol. The topological polar surface area (TPSA) is 87.1 Å². The first kappa shape index (κ1) is 15.0. The molecule has 0 aliphatic heterocycles. The number of carbonyl (C=O) groups excluding carboxylic acids is 1. The molecule has 0 heterocycles. The molecule has 0 fully saturated rings. The molecule has 0 radical (unpaired) electrons. The molecule has 0 saturated carbocycles. The first-order valence-electron chi connectivity index (χ1n) is 5.78. The van der Waals surface area contributed by atoms with Crippen molar-refractivity contribution in [1.82, 2.24) is 4.90 Å². The van der Waals surface area contributed by atoms with Crippen molar-refractivity contribution < 1.29 is 24.5 Å². The van der Waals surface area contributed by atoms with E-state index in [0.717, 1.165) is 10.5 Å². The molecule has 0 spiro atoms. The van der Waals surface area contributed by atoms with E-state index in [9.17, 15) is 14.7 Å². The second-order valence-corrected chi connectivity index (χ2v) is 4.17. The molecule has 2 N–H and O–H groups in total. The summed E-state index contributed by atoms with van der Waals surface area (Å²) in [5.41, 5.74) is 0.799. The van der Waals surface area contributed by atoms with Crippen LogP contribution in [0.15, 0.2) is 30.3 Å². The van der Waals surface area contributed by atoms with Gasteiger partial charge in [-0.3, -0.25) is 4.90 Å². The zero-order valence-corrected chi connectivity index (χ0v) is 10.8. The van der Waals surface area contributed by atoms with Crippen LogP contribution in [0, 0.1) is 0 Å². The van der Waals surface area contributed by atoms with Crippen LogP contribution >= 0.6 is 0 Å². The summed E-state index contributed by atoms with van der Waals surface area (Å²) in [6.45, 7) is 1.36. The normalized spacial score (nSPS) is 13.4. The summed E-state index contributed by atoms with van der Waals surface area (Å²) in [6, 6.07) is 7.70. The van der Waals surface area contributed by atoms with Gasteiger partial charge in [-0.05, 0) is 12.5 Å². The van der Waals surface area contributed by atoms with Crippen LogP contribution < -0.4 is 0 Å². The van der Waals surface area contributed by atoms with E-state index in [-0.39, 0.29) is 6.61 Å².